The lowest BCUT2D eigenvalue weighted by molar-refractivity contribution is 0.0469. The second kappa shape index (κ2) is 6.43. The van der Waals surface area contributed by atoms with Crippen LogP contribution in [-0.2, 0) is 0 Å². The first-order chi connectivity index (χ1) is 8.91. The van der Waals surface area contributed by atoms with Crippen molar-refractivity contribution in [1.82, 2.24) is 5.32 Å². The van der Waals surface area contributed by atoms with Crippen LogP contribution in [0.1, 0.15) is 37.0 Å². The Hall–Kier alpha value is -1.75. The Balaban J connectivity index is 2.74. The van der Waals surface area contributed by atoms with Crippen molar-refractivity contribution in [3.05, 3.63) is 23.8 Å². The van der Waals surface area contributed by atoms with Gasteiger partial charge in [-0.2, -0.15) is 0 Å². The maximum Gasteiger partial charge on any atom is 0.255 e. The summed E-state index contributed by atoms with van der Waals surface area (Å²) in [6, 6.07) is 4.69. The molecule has 106 valence electrons. The van der Waals surface area contributed by atoms with Gasteiger partial charge in [0.05, 0.1) is 18.3 Å². The molecule has 5 heteroatoms. The van der Waals surface area contributed by atoms with Gasteiger partial charge in [-0.25, -0.2) is 0 Å². The molecule has 1 aromatic rings. The smallest absolute Gasteiger partial charge is 0.255 e. The van der Waals surface area contributed by atoms with Gasteiger partial charge in [-0.3, -0.25) is 4.79 Å². The Bertz CT molecular complexity index is 443. The first-order valence-corrected chi connectivity index (χ1v) is 6.28. The summed E-state index contributed by atoms with van der Waals surface area (Å²) in [4.78, 5) is 11.9. The summed E-state index contributed by atoms with van der Waals surface area (Å²) >= 11 is 0. The Kier molecular flexibility index (Phi) is 5.18. The highest BCUT2D eigenvalue weighted by Crippen LogP contribution is 2.29. The van der Waals surface area contributed by atoms with Crippen molar-refractivity contribution in [2.24, 2.45) is 0 Å². The highest BCUT2D eigenvalue weighted by atomic mass is 16.5. The number of hydrogen-bond acceptors (Lipinski definition) is 4. The molecule has 0 aliphatic rings. The summed E-state index contributed by atoms with van der Waals surface area (Å²) < 4.78 is 4.94. The molecule has 5 nitrogen and oxygen atoms in total. The largest absolute Gasteiger partial charge is 0.504 e. The number of carbonyl (C=O) groups is 1. The number of ether oxygens (including phenoxy) is 1. The van der Waals surface area contributed by atoms with Gasteiger partial charge in [0, 0.05) is 6.54 Å². The number of benzene rings is 1. The second-order valence-corrected chi connectivity index (χ2v) is 4.79. The van der Waals surface area contributed by atoms with E-state index in [0.717, 1.165) is 6.42 Å². The van der Waals surface area contributed by atoms with E-state index in [9.17, 15) is 15.0 Å². The third kappa shape index (κ3) is 4.13. The Morgan fingerprint density at radius 1 is 1.47 bits per heavy atom. The van der Waals surface area contributed by atoms with E-state index < -0.39 is 11.5 Å². The molecule has 0 fully saturated rings. The van der Waals surface area contributed by atoms with Gasteiger partial charge in [-0.1, -0.05) is 19.4 Å². The fourth-order valence-electron chi connectivity index (χ4n) is 1.86. The molecule has 0 aliphatic carbocycles. The maximum absolute atomic E-state index is 11.9. The molecule has 0 saturated heterocycles. The van der Waals surface area contributed by atoms with Crippen molar-refractivity contribution in [2.75, 3.05) is 13.7 Å². The third-order valence-corrected chi connectivity index (χ3v) is 2.88. The Morgan fingerprint density at radius 2 is 2.16 bits per heavy atom. The number of amides is 1. The van der Waals surface area contributed by atoms with Crippen LogP contribution < -0.4 is 10.1 Å². The van der Waals surface area contributed by atoms with E-state index >= 15 is 0 Å². The van der Waals surface area contributed by atoms with Crippen LogP contribution >= 0.6 is 0 Å². The minimum atomic E-state index is -0.946. The topological polar surface area (TPSA) is 78.8 Å². The summed E-state index contributed by atoms with van der Waals surface area (Å²) in [6.07, 6.45) is 1.42. The average Bonchev–Trinajstić information content (AvgIpc) is 2.36. The van der Waals surface area contributed by atoms with Crippen LogP contribution in [0.3, 0.4) is 0 Å². The highest BCUT2D eigenvalue weighted by molar-refractivity contribution is 5.97. The minimum absolute atomic E-state index is 0.131. The van der Waals surface area contributed by atoms with E-state index in [4.69, 9.17) is 4.74 Å². The fraction of sp³-hybridized carbons (Fsp3) is 0.500. The number of hydrogen-bond donors (Lipinski definition) is 3. The number of para-hydroxylation sites is 1. The quantitative estimate of drug-likeness (QED) is 0.732. The van der Waals surface area contributed by atoms with Crippen LogP contribution in [0, 0.1) is 0 Å². The van der Waals surface area contributed by atoms with Gasteiger partial charge in [-0.15, -0.1) is 0 Å². The molecule has 0 spiro atoms. The van der Waals surface area contributed by atoms with Crippen molar-refractivity contribution in [2.45, 2.75) is 32.3 Å². The van der Waals surface area contributed by atoms with Gasteiger partial charge in [0.2, 0.25) is 0 Å². The van der Waals surface area contributed by atoms with Gasteiger partial charge in [0.25, 0.3) is 5.91 Å². The summed E-state index contributed by atoms with van der Waals surface area (Å²) in [5, 5.41) is 22.4. The van der Waals surface area contributed by atoms with Crippen LogP contribution in [0.4, 0.5) is 0 Å². The molecule has 3 N–H and O–H groups in total. The predicted octanol–water partition coefficient (Wildman–Crippen LogP) is 1.68. The number of rotatable bonds is 6. The number of phenolic OH excluding ortho intramolecular Hbond substituents is 1. The predicted molar refractivity (Wildman–Crippen MR) is 72.5 cm³/mol. The first kappa shape index (κ1) is 15.3. The lowest BCUT2D eigenvalue weighted by Gasteiger charge is -2.23. The Morgan fingerprint density at radius 3 is 2.74 bits per heavy atom. The molecule has 1 atom stereocenters. The summed E-state index contributed by atoms with van der Waals surface area (Å²) in [5.74, 6) is -0.390. The van der Waals surface area contributed by atoms with Crippen molar-refractivity contribution in [3.63, 3.8) is 0 Å². The van der Waals surface area contributed by atoms with Gasteiger partial charge in [-0.05, 0) is 25.5 Å². The van der Waals surface area contributed by atoms with E-state index in [0.29, 0.717) is 6.42 Å². The van der Waals surface area contributed by atoms with E-state index in [1.807, 2.05) is 6.92 Å². The van der Waals surface area contributed by atoms with E-state index in [1.165, 1.54) is 13.2 Å². The number of aromatic hydroxyl groups is 1. The number of carbonyl (C=O) groups excluding carboxylic acids is 1. The van der Waals surface area contributed by atoms with Crippen LogP contribution in [-0.4, -0.2) is 35.4 Å². The molecule has 19 heavy (non-hydrogen) atoms. The lowest BCUT2D eigenvalue weighted by atomic mass is 10.0. The van der Waals surface area contributed by atoms with Crippen molar-refractivity contribution in [3.8, 4) is 11.5 Å². The van der Waals surface area contributed by atoms with Gasteiger partial charge in [0.15, 0.2) is 11.5 Å². The fourth-order valence-corrected chi connectivity index (χ4v) is 1.86. The second-order valence-electron chi connectivity index (χ2n) is 4.79. The average molecular weight is 267 g/mol. The van der Waals surface area contributed by atoms with E-state index in [1.54, 1.807) is 19.1 Å². The monoisotopic (exact) mass is 267 g/mol. The molecule has 1 aromatic carbocycles. The van der Waals surface area contributed by atoms with E-state index in [2.05, 4.69) is 5.32 Å². The van der Waals surface area contributed by atoms with Crippen LogP contribution in [0.15, 0.2) is 18.2 Å². The van der Waals surface area contributed by atoms with E-state index in [-0.39, 0.29) is 23.6 Å². The van der Waals surface area contributed by atoms with Crippen molar-refractivity contribution in [1.29, 1.82) is 0 Å². The van der Waals surface area contributed by atoms with Crippen LogP contribution in [0.2, 0.25) is 0 Å². The zero-order valence-electron chi connectivity index (χ0n) is 11.6. The van der Waals surface area contributed by atoms with Crippen LogP contribution in [0.5, 0.6) is 11.5 Å². The molecule has 0 heterocycles. The molecular formula is C14H21NO4. The SMILES string of the molecule is CCCC(C)(O)CNC(=O)c1cccc(OC)c1O. The third-order valence-electron chi connectivity index (χ3n) is 2.88. The molecule has 0 saturated carbocycles. The standard InChI is InChI=1S/C14H21NO4/c1-4-8-14(2,18)9-15-13(17)10-6-5-7-11(19-3)12(10)16/h5-7,16,18H,4,8-9H2,1-3H3,(H,15,17). The molecule has 1 unspecified atom stereocenters. The molecule has 0 aliphatic heterocycles. The first-order valence-electron chi connectivity index (χ1n) is 6.28. The normalized spacial score (nSPS) is 13.7. The molecule has 0 bridgehead atoms. The molecule has 1 amide bonds. The number of phenols is 1. The van der Waals surface area contributed by atoms with Gasteiger partial charge < -0.3 is 20.3 Å². The van der Waals surface area contributed by atoms with Crippen molar-refractivity contribution < 1.29 is 19.7 Å². The highest BCUT2D eigenvalue weighted by Gasteiger charge is 2.21. The molecular weight excluding hydrogens is 246 g/mol. The van der Waals surface area contributed by atoms with Crippen LogP contribution in [0.25, 0.3) is 0 Å². The Labute approximate surface area is 113 Å². The van der Waals surface area contributed by atoms with Gasteiger partial charge in [0.1, 0.15) is 0 Å². The maximum atomic E-state index is 11.9. The van der Waals surface area contributed by atoms with Crippen molar-refractivity contribution >= 4 is 5.91 Å². The summed E-state index contributed by atoms with van der Waals surface area (Å²) in [5.41, 5.74) is -0.814. The lowest BCUT2D eigenvalue weighted by Crippen LogP contribution is -2.40. The number of methoxy groups -OCH3 is 1. The minimum Gasteiger partial charge on any atom is -0.504 e. The zero-order chi connectivity index (χ0) is 14.5. The summed E-state index contributed by atoms with van der Waals surface area (Å²) in [7, 11) is 1.42. The zero-order valence-corrected chi connectivity index (χ0v) is 11.6. The molecule has 1 rings (SSSR count). The summed E-state index contributed by atoms with van der Waals surface area (Å²) in [6.45, 7) is 3.77. The molecule has 0 radical (unpaired) electrons. The molecule has 0 aromatic heterocycles. The number of aliphatic hydroxyl groups is 1. The van der Waals surface area contributed by atoms with Gasteiger partial charge >= 0.3 is 0 Å². The number of nitrogens with one attached hydrogen (secondary N) is 1.